The van der Waals surface area contributed by atoms with E-state index in [-0.39, 0.29) is 25.3 Å². The molecule has 1 aromatic rings. The lowest BCUT2D eigenvalue weighted by Crippen LogP contribution is -2.40. The van der Waals surface area contributed by atoms with Gasteiger partial charge in [-0.05, 0) is 12.0 Å². The van der Waals surface area contributed by atoms with E-state index in [9.17, 15) is 13.5 Å². The Morgan fingerprint density at radius 1 is 1.29 bits per heavy atom. The summed E-state index contributed by atoms with van der Waals surface area (Å²) < 4.78 is 31.4. The highest BCUT2D eigenvalue weighted by Gasteiger charge is 2.10. The SMILES string of the molecule is O=S(=O)(O)CCc1cc[n+](C[C@H](O)CO)cc1. The number of hydrogen-bond acceptors (Lipinski definition) is 4. The van der Waals surface area contributed by atoms with E-state index in [1.165, 1.54) is 0 Å². The van der Waals surface area contributed by atoms with Crippen LogP contribution in [0.2, 0.25) is 0 Å². The van der Waals surface area contributed by atoms with E-state index in [1.54, 1.807) is 29.1 Å². The minimum Gasteiger partial charge on any atom is -0.393 e. The highest BCUT2D eigenvalue weighted by atomic mass is 32.2. The maximum Gasteiger partial charge on any atom is 0.265 e. The monoisotopic (exact) mass is 262 g/mol. The summed E-state index contributed by atoms with van der Waals surface area (Å²) in [5, 5.41) is 17.9. The van der Waals surface area contributed by atoms with Crippen LogP contribution in [0.25, 0.3) is 0 Å². The van der Waals surface area contributed by atoms with Crippen molar-refractivity contribution < 1.29 is 27.8 Å². The lowest BCUT2D eigenvalue weighted by molar-refractivity contribution is -0.703. The predicted octanol–water partition coefficient (Wildman–Crippen LogP) is -1.24. The Balaban J connectivity index is 2.56. The van der Waals surface area contributed by atoms with E-state index in [4.69, 9.17) is 9.66 Å². The Kier molecular flexibility index (Phi) is 5.01. The number of hydrogen-bond donors (Lipinski definition) is 3. The molecule has 0 aliphatic heterocycles. The second kappa shape index (κ2) is 6.06. The molecule has 6 nitrogen and oxygen atoms in total. The van der Waals surface area contributed by atoms with Crippen molar-refractivity contribution in [2.75, 3.05) is 12.4 Å². The first-order valence-corrected chi connectivity index (χ1v) is 6.73. The van der Waals surface area contributed by atoms with Gasteiger partial charge in [-0.15, -0.1) is 0 Å². The summed E-state index contributed by atoms with van der Waals surface area (Å²) in [5.41, 5.74) is 0.775. The van der Waals surface area contributed by atoms with E-state index in [2.05, 4.69) is 0 Å². The summed E-state index contributed by atoms with van der Waals surface area (Å²) in [5.74, 6) is -0.309. The third kappa shape index (κ3) is 5.73. The first-order chi connectivity index (χ1) is 7.90. The predicted molar refractivity (Wildman–Crippen MR) is 59.8 cm³/mol. The second-order valence-corrected chi connectivity index (χ2v) is 5.35. The van der Waals surface area contributed by atoms with Crippen LogP contribution >= 0.6 is 0 Å². The van der Waals surface area contributed by atoms with Gasteiger partial charge >= 0.3 is 0 Å². The fourth-order valence-corrected chi connectivity index (χ4v) is 1.82. The number of pyridine rings is 1. The van der Waals surface area contributed by atoms with Crippen molar-refractivity contribution in [1.82, 2.24) is 0 Å². The van der Waals surface area contributed by atoms with Crippen molar-refractivity contribution in [1.29, 1.82) is 0 Å². The lowest BCUT2D eigenvalue weighted by atomic mass is 10.2. The van der Waals surface area contributed by atoms with Gasteiger partial charge in [0.25, 0.3) is 10.1 Å². The van der Waals surface area contributed by atoms with Gasteiger partial charge < -0.3 is 10.2 Å². The molecule has 1 aromatic heterocycles. The molecular formula is C10H16NO5S+. The van der Waals surface area contributed by atoms with Gasteiger partial charge in [0.05, 0.1) is 12.4 Å². The standard InChI is InChI=1S/C10H15NO5S/c12-8-10(13)7-11-4-1-9(2-5-11)3-6-17(14,15)16/h1-2,4-5,10,12-13H,3,6-8H2/p+1/t10-/m0/s1. The number of aryl methyl sites for hydroxylation is 1. The van der Waals surface area contributed by atoms with Crippen LogP contribution < -0.4 is 4.57 Å². The second-order valence-electron chi connectivity index (χ2n) is 3.78. The number of rotatable bonds is 6. The highest BCUT2D eigenvalue weighted by Crippen LogP contribution is 1.99. The van der Waals surface area contributed by atoms with Crippen molar-refractivity contribution in [3.8, 4) is 0 Å². The third-order valence-electron chi connectivity index (χ3n) is 2.24. The summed E-state index contributed by atoms with van der Waals surface area (Å²) in [7, 11) is -3.94. The average Bonchev–Trinajstić information content (AvgIpc) is 2.27. The average molecular weight is 262 g/mol. The van der Waals surface area contributed by atoms with E-state index in [0.29, 0.717) is 0 Å². The van der Waals surface area contributed by atoms with Crippen LogP contribution in [0, 0.1) is 0 Å². The Morgan fingerprint density at radius 3 is 2.35 bits per heavy atom. The minimum absolute atomic E-state index is 0.238. The molecule has 0 fully saturated rings. The largest absolute Gasteiger partial charge is 0.393 e. The maximum absolute atomic E-state index is 10.5. The van der Waals surface area contributed by atoms with Crippen LogP contribution in [-0.2, 0) is 23.1 Å². The Labute approximate surface area is 99.9 Å². The summed E-state index contributed by atoms with van der Waals surface area (Å²) in [6.45, 7) is -0.0351. The number of aliphatic hydroxyl groups is 2. The zero-order chi connectivity index (χ0) is 12.9. The van der Waals surface area contributed by atoms with Crippen LogP contribution in [0.1, 0.15) is 5.56 Å². The smallest absolute Gasteiger partial charge is 0.265 e. The number of nitrogens with zero attached hydrogens (tertiary/aromatic N) is 1. The van der Waals surface area contributed by atoms with Gasteiger partial charge in [-0.25, -0.2) is 4.57 Å². The molecule has 1 heterocycles. The quantitative estimate of drug-likeness (QED) is 0.440. The van der Waals surface area contributed by atoms with E-state index < -0.39 is 16.2 Å². The van der Waals surface area contributed by atoms with Gasteiger partial charge in [-0.2, -0.15) is 8.42 Å². The molecule has 3 N–H and O–H groups in total. The fourth-order valence-electron chi connectivity index (χ4n) is 1.32. The fraction of sp³-hybridized carbons (Fsp3) is 0.500. The van der Waals surface area contributed by atoms with Gasteiger partial charge in [0, 0.05) is 12.1 Å². The Hall–Kier alpha value is -1.02. The number of aliphatic hydroxyl groups excluding tert-OH is 2. The Bertz CT molecular complexity index is 442. The van der Waals surface area contributed by atoms with Crippen LogP contribution in [-0.4, -0.2) is 41.6 Å². The first-order valence-electron chi connectivity index (χ1n) is 5.13. The molecule has 0 saturated carbocycles. The third-order valence-corrected chi connectivity index (χ3v) is 2.96. The van der Waals surface area contributed by atoms with Crippen molar-refractivity contribution in [3.05, 3.63) is 30.1 Å². The van der Waals surface area contributed by atoms with Crippen LogP contribution in [0.5, 0.6) is 0 Å². The van der Waals surface area contributed by atoms with Crippen molar-refractivity contribution >= 4 is 10.1 Å². The molecule has 0 radical (unpaired) electrons. The molecule has 0 aromatic carbocycles. The van der Waals surface area contributed by atoms with Gasteiger partial charge in [0.2, 0.25) is 0 Å². The molecule has 0 bridgehead atoms. The molecule has 96 valence electrons. The summed E-state index contributed by atoms with van der Waals surface area (Å²) in [6, 6.07) is 3.41. The Morgan fingerprint density at radius 2 is 1.88 bits per heavy atom. The molecule has 1 atom stereocenters. The van der Waals surface area contributed by atoms with Crippen LogP contribution in [0.4, 0.5) is 0 Å². The molecule has 0 saturated heterocycles. The molecule has 0 aliphatic rings. The first kappa shape index (κ1) is 14.0. The van der Waals surface area contributed by atoms with Crippen molar-refractivity contribution in [2.24, 2.45) is 0 Å². The van der Waals surface area contributed by atoms with E-state index in [1.807, 2.05) is 0 Å². The van der Waals surface area contributed by atoms with Crippen molar-refractivity contribution in [2.45, 2.75) is 19.1 Å². The van der Waals surface area contributed by atoms with Gasteiger partial charge in [0.15, 0.2) is 18.9 Å². The van der Waals surface area contributed by atoms with Gasteiger partial charge in [-0.3, -0.25) is 4.55 Å². The zero-order valence-corrected chi connectivity index (χ0v) is 10.0. The number of aromatic nitrogens is 1. The summed E-state index contributed by atoms with van der Waals surface area (Å²) in [6.07, 6.45) is 2.78. The molecular weight excluding hydrogens is 246 g/mol. The molecule has 0 unspecified atom stereocenters. The van der Waals surface area contributed by atoms with E-state index in [0.717, 1.165) is 5.56 Å². The maximum atomic E-state index is 10.5. The topological polar surface area (TPSA) is 98.7 Å². The van der Waals surface area contributed by atoms with Crippen LogP contribution in [0.3, 0.4) is 0 Å². The molecule has 0 spiro atoms. The summed E-state index contributed by atoms with van der Waals surface area (Å²) >= 11 is 0. The van der Waals surface area contributed by atoms with E-state index >= 15 is 0 Å². The van der Waals surface area contributed by atoms with Gasteiger partial charge in [-0.1, -0.05) is 0 Å². The van der Waals surface area contributed by atoms with Crippen molar-refractivity contribution in [3.63, 3.8) is 0 Å². The minimum atomic E-state index is -3.94. The highest BCUT2D eigenvalue weighted by molar-refractivity contribution is 7.85. The normalized spacial score (nSPS) is 13.6. The van der Waals surface area contributed by atoms with Crippen LogP contribution in [0.15, 0.2) is 24.5 Å². The molecule has 7 heteroatoms. The summed E-state index contributed by atoms with van der Waals surface area (Å²) in [4.78, 5) is 0. The molecule has 17 heavy (non-hydrogen) atoms. The zero-order valence-electron chi connectivity index (χ0n) is 9.23. The molecule has 1 rings (SSSR count). The lowest BCUT2D eigenvalue weighted by Gasteiger charge is -2.03. The molecule has 0 aliphatic carbocycles. The van der Waals surface area contributed by atoms with Gasteiger partial charge in [0.1, 0.15) is 6.10 Å². The molecule has 0 amide bonds.